The predicted octanol–water partition coefficient (Wildman–Crippen LogP) is 0.658. The second-order valence-electron chi connectivity index (χ2n) is 5.67. The summed E-state index contributed by atoms with van der Waals surface area (Å²) in [5, 5.41) is 10.4. The summed E-state index contributed by atoms with van der Waals surface area (Å²) in [5.74, 6) is -0.0404. The maximum Gasteiger partial charge on any atom is 0.373 e. The number of aromatic nitrogens is 2. The fraction of sp³-hybridized carbons (Fsp3) is 0.438. The largest absolute Gasteiger partial charge is 0.463 e. The van der Waals surface area contributed by atoms with Crippen LogP contribution in [0.5, 0.6) is 0 Å². The van der Waals surface area contributed by atoms with Crippen LogP contribution in [-0.2, 0) is 21.6 Å². The van der Waals surface area contributed by atoms with Gasteiger partial charge in [0.25, 0.3) is 0 Å². The first-order valence-corrected chi connectivity index (χ1v) is 7.82. The zero-order valence-corrected chi connectivity index (χ0v) is 13.4. The Balaban J connectivity index is 1.70. The molecule has 128 valence electrons. The maximum absolute atomic E-state index is 12.9. The van der Waals surface area contributed by atoms with E-state index in [0.717, 1.165) is 13.1 Å². The molecule has 8 nitrogen and oxygen atoms in total. The van der Waals surface area contributed by atoms with E-state index < -0.39 is 11.5 Å². The number of piperidine rings is 1. The van der Waals surface area contributed by atoms with Crippen molar-refractivity contribution in [3.8, 4) is 0 Å². The summed E-state index contributed by atoms with van der Waals surface area (Å²) in [7, 11) is 1.29. The van der Waals surface area contributed by atoms with Crippen LogP contribution in [0, 0.1) is 0 Å². The molecular formula is C16H20N4O4. The van der Waals surface area contributed by atoms with E-state index in [1.807, 2.05) is 12.3 Å². The van der Waals surface area contributed by atoms with Gasteiger partial charge in [0.2, 0.25) is 11.7 Å². The van der Waals surface area contributed by atoms with Gasteiger partial charge in [0, 0.05) is 12.4 Å². The number of nitrogens with zero attached hydrogens (tertiary/aromatic N) is 2. The number of amides is 1. The SMILES string of the molecule is COC(=O)c1ccc(CNC(=O)C2(n3cccn3)CCNCC2)o1. The van der Waals surface area contributed by atoms with Gasteiger partial charge in [0.05, 0.1) is 13.7 Å². The number of rotatable bonds is 5. The van der Waals surface area contributed by atoms with Crippen LogP contribution in [0.25, 0.3) is 0 Å². The second kappa shape index (κ2) is 6.88. The van der Waals surface area contributed by atoms with Crippen LogP contribution in [0.4, 0.5) is 0 Å². The molecule has 0 spiro atoms. The molecule has 24 heavy (non-hydrogen) atoms. The maximum atomic E-state index is 12.9. The highest BCUT2D eigenvalue weighted by atomic mass is 16.5. The highest BCUT2D eigenvalue weighted by Gasteiger charge is 2.41. The van der Waals surface area contributed by atoms with Crippen molar-refractivity contribution in [3.05, 3.63) is 42.1 Å². The number of furan rings is 1. The molecule has 0 bridgehead atoms. The molecule has 1 aliphatic rings. The van der Waals surface area contributed by atoms with E-state index in [0.29, 0.717) is 18.6 Å². The van der Waals surface area contributed by atoms with Crippen LogP contribution in [0.15, 0.2) is 35.0 Å². The van der Waals surface area contributed by atoms with E-state index in [1.54, 1.807) is 16.9 Å². The van der Waals surface area contributed by atoms with Crippen molar-refractivity contribution in [1.29, 1.82) is 0 Å². The number of ether oxygens (including phenoxy) is 1. The lowest BCUT2D eigenvalue weighted by Gasteiger charge is -2.36. The molecule has 2 aromatic heterocycles. The lowest BCUT2D eigenvalue weighted by Crippen LogP contribution is -2.54. The monoisotopic (exact) mass is 332 g/mol. The average Bonchev–Trinajstić information content (AvgIpc) is 3.31. The lowest BCUT2D eigenvalue weighted by atomic mass is 9.87. The molecule has 2 N–H and O–H groups in total. The Hall–Kier alpha value is -2.61. The van der Waals surface area contributed by atoms with Crippen LogP contribution in [0.3, 0.4) is 0 Å². The van der Waals surface area contributed by atoms with E-state index in [2.05, 4.69) is 20.5 Å². The minimum atomic E-state index is -0.702. The van der Waals surface area contributed by atoms with Gasteiger partial charge >= 0.3 is 5.97 Å². The van der Waals surface area contributed by atoms with Crippen LogP contribution >= 0.6 is 0 Å². The first-order valence-electron chi connectivity index (χ1n) is 7.82. The van der Waals surface area contributed by atoms with Crippen molar-refractivity contribution in [3.63, 3.8) is 0 Å². The third kappa shape index (κ3) is 3.05. The van der Waals surface area contributed by atoms with Gasteiger partial charge in [0.15, 0.2) is 0 Å². The van der Waals surface area contributed by atoms with Gasteiger partial charge in [-0.15, -0.1) is 0 Å². The van der Waals surface area contributed by atoms with Gasteiger partial charge < -0.3 is 19.8 Å². The average molecular weight is 332 g/mol. The Morgan fingerprint density at radius 3 is 2.88 bits per heavy atom. The first kappa shape index (κ1) is 16.3. The normalized spacial score (nSPS) is 16.5. The Morgan fingerprint density at radius 2 is 2.21 bits per heavy atom. The molecule has 0 saturated carbocycles. The number of carbonyl (C=O) groups excluding carboxylic acids is 2. The third-order valence-corrected chi connectivity index (χ3v) is 4.27. The Kier molecular flexibility index (Phi) is 4.66. The van der Waals surface area contributed by atoms with Crippen molar-refractivity contribution in [2.45, 2.75) is 24.9 Å². The van der Waals surface area contributed by atoms with E-state index >= 15 is 0 Å². The number of hydrogen-bond acceptors (Lipinski definition) is 6. The molecular weight excluding hydrogens is 312 g/mol. The highest BCUT2D eigenvalue weighted by Crippen LogP contribution is 2.27. The van der Waals surface area contributed by atoms with Crippen LogP contribution in [-0.4, -0.2) is 41.9 Å². The molecule has 1 fully saturated rings. The van der Waals surface area contributed by atoms with E-state index in [4.69, 9.17) is 4.42 Å². The Labute approximate surface area is 139 Å². The molecule has 0 aromatic carbocycles. The summed E-state index contributed by atoms with van der Waals surface area (Å²) >= 11 is 0. The quantitative estimate of drug-likeness (QED) is 0.781. The Morgan fingerprint density at radius 1 is 1.42 bits per heavy atom. The number of methoxy groups -OCH3 is 1. The summed E-state index contributed by atoms with van der Waals surface area (Å²) in [6.07, 6.45) is 4.80. The van der Waals surface area contributed by atoms with Crippen molar-refractivity contribution in [1.82, 2.24) is 20.4 Å². The number of carbonyl (C=O) groups is 2. The van der Waals surface area contributed by atoms with Gasteiger partial charge in [-0.2, -0.15) is 5.10 Å². The molecule has 3 rings (SSSR count). The van der Waals surface area contributed by atoms with Crippen LogP contribution < -0.4 is 10.6 Å². The molecule has 0 atom stereocenters. The van der Waals surface area contributed by atoms with Crippen molar-refractivity contribution < 1.29 is 18.7 Å². The number of nitrogens with one attached hydrogen (secondary N) is 2. The first-order chi connectivity index (χ1) is 11.7. The summed E-state index contributed by atoms with van der Waals surface area (Å²) in [5.41, 5.74) is -0.702. The number of hydrogen-bond donors (Lipinski definition) is 2. The standard InChI is InChI=1S/C16H20N4O4/c1-23-14(21)13-4-3-12(24-13)11-18-15(22)16(5-8-17-9-6-16)20-10-2-7-19-20/h2-4,7,10,17H,5-6,8-9,11H2,1H3,(H,18,22). The molecule has 8 heteroatoms. The lowest BCUT2D eigenvalue weighted by molar-refractivity contribution is -0.132. The van der Waals surface area contributed by atoms with Crippen LogP contribution in [0.2, 0.25) is 0 Å². The molecule has 1 aliphatic heterocycles. The molecule has 3 heterocycles. The van der Waals surface area contributed by atoms with E-state index in [9.17, 15) is 9.59 Å². The summed E-state index contributed by atoms with van der Waals surface area (Å²) in [6, 6.07) is 4.99. The van der Waals surface area contributed by atoms with Gasteiger partial charge in [-0.05, 0) is 44.1 Å². The zero-order valence-electron chi connectivity index (χ0n) is 13.4. The summed E-state index contributed by atoms with van der Waals surface area (Å²) < 4.78 is 11.7. The molecule has 1 amide bonds. The minimum absolute atomic E-state index is 0.108. The van der Waals surface area contributed by atoms with Gasteiger partial charge in [-0.1, -0.05) is 0 Å². The molecule has 0 aliphatic carbocycles. The van der Waals surface area contributed by atoms with Gasteiger partial charge in [-0.25, -0.2) is 4.79 Å². The predicted molar refractivity (Wildman–Crippen MR) is 84.2 cm³/mol. The highest BCUT2D eigenvalue weighted by molar-refractivity contribution is 5.86. The summed E-state index contributed by atoms with van der Waals surface area (Å²) in [6.45, 7) is 1.70. The minimum Gasteiger partial charge on any atom is -0.463 e. The van der Waals surface area contributed by atoms with E-state index in [1.165, 1.54) is 13.2 Å². The molecule has 1 saturated heterocycles. The van der Waals surface area contributed by atoms with Crippen molar-refractivity contribution >= 4 is 11.9 Å². The Bertz CT molecular complexity index is 701. The smallest absolute Gasteiger partial charge is 0.373 e. The topological polar surface area (TPSA) is 98.4 Å². The second-order valence-corrected chi connectivity index (χ2v) is 5.67. The van der Waals surface area contributed by atoms with Crippen LogP contribution in [0.1, 0.15) is 29.2 Å². The van der Waals surface area contributed by atoms with Crippen molar-refractivity contribution in [2.24, 2.45) is 0 Å². The van der Waals surface area contributed by atoms with Crippen molar-refractivity contribution in [2.75, 3.05) is 20.2 Å². The van der Waals surface area contributed by atoms with Gasteiger partial charge in [0.1, 0.15) is 11.3 Å². The van der Waals surface area contributed by atoms with E-state index in [-0.39, 0.29) is 18.2 Å². The third-order valence-electron chi connectivity index (χ3n) is 4.27. The molecule has 0 radical (unpaired) electrons. The van der Waals surface area contributed by atoms with Gasteiger partial charge in [-0.3, -0.25) is 9.48 Å². The fourth-order valence-electron chi connectivity index (χ4n) is 2.94. The fourth-order valence-corrected chi connectivity index (χ4v) is 2.94. The number of esters is 1. The summed E-state index contributed by atoms with van der Waals surface area (Å²) in [4.78, 5) is 24.3. The molecule has 2 aromatic rings. The molecule has 0 unspecified atom stereocenters. The zero-order chi connectivity index (χ0) is 17.0.